The minimum atomic E-state index is -1.20. The Balaban J connectivity index is 3.23. The van der Waals surface area contributed by atoms with E-state index in [1.807, 2.05) is 0 Å². The van der Waals surface area contributed by atoms with Crippen molar-refractivity contribution in [2.75, 3.05) is 0 Å². The normalized spacial score (nSPS) is 9.00. The Labute approximate surface area is 73.2 Å². The maximum Gasteiger partial charge on any atom is 0.355 e. The number of aromatic carboxylic acids is 1. The first-order chi connectivity index (χ1) is 5.65. The molecule has 0 amide bonds. The zero-order valence-electron chi connectivity index (χ0n) is 5.78. The quantitative estimate of drug-likeness (QED) is 0.676. The molecule has 0 aromatic carbocycles. The third-order valence-corrected chi connectivity index (χ3v) is 1.45. The number of carbonyl (C=O) groups is 1. The van der Waals surface area contributed by atoms with Crippen LogP contribution >= 0.6 is 11.6 Å². The van der Waals surface area contributed by atoms with Crippen LogP contribution in [0.4, 0.5) is 5.69 Å². The van der Waals surface area contributed by atoms with Gasteiger partial charge in [0.15, 0.2) is 5.69 Å². The van der Waals surface area contributed by atoms with Gasteiger partial charge in [0.05, 0.1) is 11.6 Å². The van der Waals surface area contributed by atoms with Gasteiger partial charge in [0.25, 0.3) is 0 Å². The summed E-state index contributed by atoms with van der Waals surface area (Å²) in [6, 6.07) is 1.27. The van der Waals surface area contributed by atoms with Crippen molar-refractivity contribution in [2.24, 2.45) is 0 Å². The molecule has 1 aromatic rings. The number of hydrogen-bond acceptors (Lipinski definition) is 2. The Morgan fingerprint density at radius 1 is 1.75 bits per heavy atom. The van der Waals surface area contributed by atoms with E-state index in [-0.39, 0.29) is 16.4 Å². The summed E-state index contributed by atoms with van der Waals surface area (Å²) in [7, 11) is 0. The van der Waals surface area contributed by atoms with E-state index < -0.39 is 5.97 Å². The second kappa shape index (κ2) is 3.20. The minimum Gasteiger partial charge on any atom is -0.476 e. The largest absolute Gasteiger partial charge is 0.476 e. The topological polar surface area (TPSA) is 54.5 Å². The Kier molecular flexibility index (Phi) is 2.26. The van der Waals surface area contributed by atoms with Crippen molar-refractivity contribution in [3.05, 3.63) is 34.4 Å². The average molecular weight is 183 g/mol. The molecular formula is C7H3ClN2O2. The Hall–Kier alpha value is -1.60. The average Bonchev–Trinajstić information content (AvgIpc) is 2.03. The Morgan fingerprint density at radius 2 is 2.42 bits per heavy atom. The van der Waals surface area contributed by atoms with Crippen LogP contribution in [0.3, 0.4) is 0 Å². The monoisotopic (exact) mass is 182 g/mol. The van der Waals surface area contributed by atoms with E-state index in [0.29, 0.717) is 0 Å². The van der Waals surface area contributed by atoms with Crippen molar-refractivity contribution in [3.8, 4) is 0 Å². The van der Waals surface area contributed by atoms with Crippen LogP contribution in [0.1, 0.15) is 10.5 Å². The van der Waals surface area contributed by atoms with E-state index in [1.165, 1.54) is 12.3 Å². The summed E-state index contributed by atoms with van der Waals surface area (Å²) in [6.45, 7) is 6.60. The van der Waals surface area contributed by atoms with Gasteiger partial charge in [-0.05, 0) is 6.07 Å². The SMILES string of the molecule is [C-]#[N+]c1cnc(C(=O)O)c(Cl)c1. The van der Waals surface area contributed by atoms with Gasteiger partial charge in [-0.1, -0.05) is 11.6 Å². The molecule has 4 nitrogen and oxygen atoms in total. The molecule has 0 radical (unpaired) electrons. The van der Waals surface area contributed by atoms with Crippen LogP contribution in [0.15, 0.2) is 12.3 Å². The van der Waals surface area contributed by atoms with Gasteiger partial charge in [-0.3, -0.25) is 4.98 Å². The summed E-state index contributed by atoms with van der Waals surface area (Å²) >= 11 is 5.52. The predicted octanol–water partition coefficient (Wildman–Crippen LogP) is 1.98. The summed E-state index contributed by atoms with van der Waals surface area (Å²) in [5, 5.41) is 8.49. The molecule has 0 unspecified atom stereocenters. The van der Waals surface area contributed by atoms with Gasteiger partial charge in [0.1, 0.15) is 0 Å². The molecule has 0 fully saturated rings. The first-order valence-electron chi connectivity index (χ1n) is 2.91. The molecule has 5 heteroatoms. The fourth-order valence-electron chi connectivity index (χ4n) is 0.646. The molecule has 0 spiro atoms. The van der Waals surface area contributed by atoms with Crippen molar-refractivity contribution in [1.82, 2.24) is 4.98 Å². The van der Waals surface area contributed by atoms with E-state index in [9.17, 15) is 4.79 Å². The second-order valence-electron chi connectivity index (χ2n) is 1.94. The lowest BCUT2D eigenvalue weighted by Crippen LogP contribution is -1.99. The number of pyridine rings is 1. The van der Waals surface area contributed by atoms with Crippen LogP contribution in [0, 0.1) is 6.57 Å². The van der Waals surface area contributed by atoms with Gasteiger partial charge in [-0.25, -0.2) is 9.64 Å². The molecule has 1 aromatic heterocycles. The molecule has 0 aliphatic rings. The standard InChI is InChI=1S/C7H3ClN2O2/c1-9-4-2-5(8)6(7(11)12)10-3-4/h2-3H,(H,11,12). The number of carboxylic acid groups (broad SMARTS) is 1. The molecule has 60 valence electrons. The van der Waals surface area contributed by atoms with Crippen molar-refractivity contribution < 1.29 is 9.90 Å². The fraction of sp³-hybridized carbons (Fsp3) is 0. The number of nitrogens with zero attached hydrogens (tertiary/aromatic N) is 2. The molecule has 0 aliphatic carbocycles. The smallest absolute Gasteiger partial charge is 0.355 e. The number of halogens is 1. The third-order valence-electron chi connectivity index (χ3n) is 1.16. The zero-order chi connectivity index (χ0) is 9.14. The Bertz CT molecular complexity index is 370. The highest BCUT2D eigenvalue weighted by Gasteiger charge is 2.09. The number of aromatic nitrogens is 1. The lowest BCUT2D eigenvalue weighted by Gasteiger charge is -1.96. The maximum atomic E-state index is 10.4. The van der Waals surface area contributed by atoms with Crippen LogP contribution in [0.5, 0.6) is 0 Å². The number of hydrogen-bond donors (Lipinski definition) is 1. The van der Waals surface area contributed by atoms with Gasteiger partial charge in [0, 0.05) is 6.20 Å². The third kappa shape index (κ3) is 1.52. The summed E-state index contributed by atoms with van der Waals surface area (Å²) in [5.41, 5.74) is -0.00549. The molecule has 1 heterocycles. The first kappa shape index (κ1) is 8.50. The fourth-order valence-corrected chi connectivity index (χ4v) is 0.888. The van der Waals surface area contributed by atoms with Crippen molar-refractivity contribution >= 4 is 23.3 Å². The van der Waals surface area contributed by atoms with Crippen molar-refractivity contribution in [3.63, 3.8) is 0 Å². The van der Waals surface area contributed by atoms with Crippen LogP contribution in [-0.4, -0.2) is 16.1 Å². The predicted molar refractivity (Wildman–Crippen MR) is 42.5 cm³/mol. The van der Waals surface area contributed by atoms with Crippen LogP contribution < -0.4 is 0 Å². The highest BCUT2D eigenvalue weighted by Crippen LogP contribution is 2.19. The van der Waals surface area contributed by atoms with Crippen molar-refractivity contribution in [2.45, 2.75) is 0 Å². The Morgan fingerprint density at radius 3 is 2.83 bits per heavy atom. The molecule has 0 atom stereocenters. The van der Waals surface area contributed by atoms with E-state index in [2.05, 4.69) is 9.83 Å². The zero-order valence-corrected chi connectivity index (χ0v) is 6.54. The summed E-state index contributed by atoms with van der Waals surface area (Å²) in [4.78, 5) is 16.9. The summed E-state index contributed by atoms with van der Waals surface area (Å²) in [5.74, 6) is -1.20. The molecule has 0 saturated carbocycles. The van der Waals surface area contributed by atoms with Crippen LogP contribution in [0.25, 0.3) is 4.85 Å². The van der Waals surface area contributed by atoms with E-state index in [4.69, 9.17) is 23.3 Å². The van der Waals surface area contributed by atoms with Crippen LogP contribution in [0.2, 0.25) is 5.02 Å². The number of rotatable bonds is 1. The first-order valence-corrected chi connectivity index (χ1v) is 3.29. The van der Waals surface area contributed by atoms with Gasteiger partial charge < -0.3 is 5.11 Å². The van der Waals surface area contributed by atoms with Crippen molar-refractivity contribution in [1.29, 1.82) is 0 Å². The highest BCUT2D eigenvalue weighted by molar-refractivity contribution is 6.33. The molecule has 1 rings (SSSR count). The van der Waals surface area contributed by atoms with Gasteiger partial charge in [-0.15, -0.1) is 0 Å². The van der Waals surface area contributed by atoms with Gasteiger partial charge in [0.2, 0.25) is 5.69 Å². The van der Waals surface area contributed by atoms with E-state index >= 15 is 0 Å². The van der Waals surface area contributed by atoms with Gasteiger partial charge >= 0.3 is 5.97 Å². The summed E-state index contributed by atoms with van der Waals surface area (Å²) < 4.78 is 0. The molecule has 1 N–H and O–H groups in total. The molecule has 0 bridgehead atoms. The number of carboxylic acids is 1. The highest BCUT2D eigenvalue weighted by atomic mass is 35.5. The summed E-state index contributed by atoms with van der Waals surface area (Å²) in [6.07, 6.45) is 1.17. The molecular weight excluding hydrogens is 180 g/mol. The van der Waals surface area contributed by atoms with Crippen LogP contribution in [-0.2, 0) is 0 Å². The molecule has 0 aliphatic heterocycles. The van der Waals surface area contributed by atoms with Gasteiger partial charge in [-0.2, -0.15) is 0 Å². The maximum absolute atomic E-state index is 10.4. The van der Waals surface area contributed by atoms with E-state index in [0.717, 1.165) is 0 Å². The van der Waals surface area contributed by atoms with E-state index in [1.54, 1.807) is 0 Å². The second-order valence-corrected chi connectivity index (χ2v) is 2.35. The molecule has 0 saturated heterocycles. The lowest BCUT2D eigenvalue weighted by atomic mass is 10.3. The lowest BCUT2D eigenvalue weighted by molar-refractivity contribution is 0.0691. The molecule has 12 heavy (non-hydrogen) atoms. The minimum absolute atomic E-state index is 0.0176.